The van der Waals surface area contributed by atoms with Gasteiger partial charge in [-0.05, 0) is 24.6 Å². The number of carbonyl (C=O) groups is 1. The quantitative estimate of drug-likeness (QED) is 0.810. The smallest absolute Gasteiger partial charge is 0.166 e. The molecule has 17 heavy (non-hydrogen) atoms. The molecule has 4 heteroatoms. The predicted molar refractivity (Wildman–Crippen MR) is 70.5 cm³/mol. The number of halogens is 1. The molecule has 1 aromatic rings. The van der Waals surface area contributed by atoms with Crippen molar-refractivity contribution >= 4 is 21.7 Å². The van der Waals surface area contributed by atoms with Crippen LogP contribution in [0.3, 0.4) is 0 Å². The summed E-state index contributed by atoms with van der Waals surface area (Å²) in [5, 5.41) is 0. The number of rotatable bonds is 6. The SMILES string of the molecule is CCC(OC)C(=O)Cc1cc(Br)ccc1OC. The van der Waals surface area contributed by atoms with Gasteiger partial charge in [0.25, 0.3) is 0 Å². The number of benzene rings is 1. The molecule has 0 heterocycles. The highest BCUT2D eigenvalue weighted by atomic mass is 79.9. The zero-order valence-corrected chi connectivity index (χ0v) is 11.9. The van der Waals surface area contributed by atoms with Crippen LogP contribution in [0, 0.1) is 0 Å². The van der Waals surface area contributed by atoms with Crippen molar-refractivity contribution in [1.29, 1.82) is 0 Å². The molecule has 1 rings (SSSR count). The highest BCUT2D eigenvalue weighted by molar-refractivity contribution is 9.10. The van der Waals surface area contributed by atoms with E-state index >= 15 is 0 Å². The highest BCUT2D eigenvalue weighted by Gasteiger charge is 2.17. The van der Waals surface area contributed by atoms with Gasteiger partial charge in [-0.2, -0.15) is 0 Å². The minimum Gasteiger partial charge on any atom is -0.496 e. The van der Waals surface area contributed by atoms with E-state index in [1.165, 1.54) is 0 Å². The van der Waals surface area contributed by atoms with E-state index in [2.05, 4.69) is 15.9 Å². The van der Waals surface area contributed by atoms with Gasteiger partial charge in [0.2, 0.25) is 0 Å². The lowest BCUT2D eigenvalue weighted by Gasteiger charge is -2.13. The van der Waals surface area contributed by atoms with E-state index in [0.29, 0.717) is 12.8 Å². The average Bonchev–Trinajstić information content (AvgIpc) is 2.31. The summed E-state index contributed by atoms with van der Waals surface area (Å²) < 4.78 is 11.3. The van der Waals surface area contributed by atoms with Crippen LogP contribution in [0.4, 0.5) is 0 Å². The van der Waals surface area contributed by atoms with Crippen LogP contribution >= 0.6 is 15.9 Å². The summed E-state index contributed by atoms with van der Waals surface area (Å²) in [6, 6.07) is 5.64. The van der Waals surface area contributed by atoms with Crippen LogP contribution in [0.25, 0.3) is 0 Å². The third kappa shape index (κ3) is 3.82. The highest BCUT2D eigenvalue weighted by Crippen LogP contribution is 2.24. The zero-order chi connectivity index (χ0) is 12.8. The number of hydrogen-bond acceptors (Lipinski definition) is 3. The first-order chi connectivity index (χ1) is 8.12. The fraction of sp³-hybridized carbons (Fsp3) is 0.462. The van der Waals surface area contributed by atoms with Gasteiger partial charge in [-0.3, -0.25) is 4.79 Å². The Kier molecular flexibility index (Phi) is 5.65. The van der Waals surface area contributed by atoms with Gasteiger partial charge < -0.3 is 9.47 Å². The fourth-order valence-electron chi connectivity index (χ4n) is 1.71. The third-order valence-electron chi connectivity index (χ3n) is 2.62. The van der Waals surface area contributed by atoms with E-state index in [4.69, 9.17) is 9.47 Å². The van der Waals surface area contributed by atoms with Crippen LogP contribution < -0.4 is 4.74 Å². The molecule has 0 saturated carbocycles. The Hall–Kier alpha value is -0.870. The molecule has 0 bridgehead atoms. The summed E-state index contributed by atoms with van der Waals surface area (Å²) in [5.74, 6) is 0.805. The maximum Gasteiger partial charge on any atom is 0.166 e. The first kappa shape index (κ1) is 14.2. The monoisotopic (exact) mass is 300 g/mol. The molecular formula is C13H17BrO3. The second-order valence-electron chi connectivity index (χ2n) is 3.73. The second kappa shape index (κ2) is 6.77. The molecule has 94 valence electrons. The Morgan fingerprint density at radius 2 is 2.12 bits per heavy atom. The predicted octanol–water partition coefficient (Wildman–Crippen LogP) is 2.99. The standard InChI is InChI=1S/C13H17BrO3/c1-4-12(16-2)11(15)8-9-7-10(14)5-6-13(9)17-3/h5-7,12H,4,8H2,1-3H3. The normalized spacial score (nSPS) is 12.2. The molecule has 1 atom stereocenters. The summed E-state index contributed by atoms with van der Waals surface area (Å²) in [5.41, 5.74) is 0.877. The molecule has 0 spiro atoms. The van der Waals surface area contributed by atoms with Crippen molar-refractivity contribution in [2.45, 2.75) is 25.9 Å². The van der Waals surface area contributed by atoms with E-state index in [1.54, 1.807) is 14.2 Å². The molecule has 1 unspecified atom stereocenters. The van der Waals surface area contributed by atoms with E-state index in [-0.39, 0.29) is 11.9 Å². The number of carbonyl (C=O) groups excluding carboxylic acids is 1. The largest absolute Gasteiger partial charge is 0.496 e. The van der Waals surface area contributed by atoms with Gasteiger partial charge in [0.05, 0.1) is 7.11 Å². The topological polar surface area (TPSA) is 35.5 Å². The van der Waals surface area contributed by atoms with E-state index < -0.39 is 0 Å². The van der Waals surface area contributed by atoms with Crippen molar-refractivity contribution in [2.24, 2.45) is 0 Å². The molecule has 0 aliphatic carbocycles. The summed E-state index contributed by atoms with van der Waals surface area (Å²) in [6.45, 7) is 1.93. The van der Waals surface area contributed by atoms with Crippen LogP contribution in [-0.2, 0) is 16.0 Å². The van der Waals surface area contributed by atoms with Crippen molar-refractivity contribution in [3.63, 3.8) is 0 Å². The zero-order valence-electron chi connectivity index (χ0n) is 10.3. The van der Waals surface area contributed by atoms with Crippen molar-refractivity contribution < 1.29 is 14.3 Å². The van der Waals surface area contributed by atoms with Crippen molar-refractivity contribution in [3.8, 4) is 5.75 Å². The van der Waals surface area contributed by atoms with Crippen molar-refractivity contribution in [1.82, 2.24) is 0 Å². The molecule has 1 aromatic carbocycles. The molecule has 3 nitrogen and oxygen atoms in total. The molecule has 0 fully saturated rings. The third-order valence-corrected chi connectivity index (χ3v) is 3.11. The van der Waals surface area contributed by atoms with Crippen molar-refractivity contribution in [2.75, 3.05) is 14.2 Å². The van der Waals surface area contributed by atoms with Gasteiger partial charge in [-0.15, -0.1) is 0 Å². The summed E-state index contributed by atoms with van der Waals surface area (Å²) in [4.78, 5) is 12.0. The minimum absolute atomic E-state index is 0.0754. The molecule has 0 aliphatic heterocycles. The van der Waals surface area contributed by atoms with Gasteiger partial charge in [0, 0.05) is 23.6 Å². The summed E-state index contributed by atoms with van der Waals surface area (Å²) >= 11 is 3.39. The van der Waals surface area contributed by atoms with Crippen LogP contribution in [0.1, 0.15) is 18.9 Å². The first-order valence-electron chi connectivity index (χ1n) is 5.50. The van der Waals surface area contributed by atoms with Crippen LogP contribution in [-0.4, -0.2) is 26.1 Å². The van der Waals surface area contributed by atoms with E-state index in [9.17, 15) is 4.79 Å². The van der Waals surface area contributed by atoms with E-state index in [0.717, 1.165) is 15.8 Å². The van der Waals surface area contributed by atoms with Crippen LogP contribution in [0.15, 0.2) is 22.7 Å². The molecule has 0 radical (unpaired) electrons. The van der Waals surface area contributed by atoms with E-state index in [1.807, 2.05) is 25.1 Å². The number of Topliss-reactive ketones (excluding diaryl/α,β-unsaturated/α-hetero) is 1. The maximum atomic E-state index is 12.0. The fourth-order valence-corrected chi connectivity index (χ4v) is 2.12. The summed E-state index contributed by atoms with van der Waals surface area (Å²) in [7, 11) is 3.16. The van der Waals surface area contributed by atoms with Gasteiger partial charge in [0.15, 0.2) is 5.78 Å². The lowest BCUT2D eigenvalue weighted by atomic mass is 10.0. The number of ketones is 1. The minimum atomic E-state index is -0.335. The number of methoxy groups -OCH3 is 2. The van der Waals surface area contributed by atoms with Gasteiger partial charge in [0.1, 0.15) is 11.9 Å². The molecular weight excluding hydrogens is 284 g/mol. The molecule has 0 aromatic heterocycles. The molecule has 0 N–H and O–H groups in total. The second-order valence-corrected chi connectivity index (χ2v) is 4.65. The van der Waals surface area contributed by atoms with Crippen LogP contribution in [0.5, 0.6) is 5.75 Å². The van der Waals surface area contributed by atoms with Gasteiger partial charge in [-0.25, -0.2) is 0 Å². The number of hydrogen-bond donors (Lipinski definition) is 0. The van der Waals surface area contributed by atoms with Crippen LogP contribution in [0.2, 0.25) is 0 Å². The maximum absolute atomic E-state index is 12.0. The molecule has 0 saturated heterocycles. The Balaban J connectivity index is 2.86. The molecule has 0 amide bonds. The lowest BCUT2D eigenvalue weighted by Crippen LogP contribution is -2.24. The Bertz CT molecular complexity index is 386. The summed E-state index contributed by atoms with van der Waals surface area (Å²) in [6.07, 6.45) is 0.680. The average molecular weight is 301 g/mol. The first-order valence-corrected chi connectivity index (χ1v) is 6.29. The van der Waals surface area contributed by atoms with Gasteiger partial charge >= 0.3 is 0 Å². The Labute approximate surface area is 110 Å². The Morgan fingerprint density at radius 3 is 2.65 bits per heavy atom. The van der Waals surface area contributed by atoms with Gasteiger partial charge in [-0.1, -0.05) is 22.9 Å². The Morgan fingerprint density at radius 1 is 1.41 bits per heavy atom. The number of ether oxygens (including phenoxy) is 2. The lowest BCUT2D eigenvalue weighted by molar-refractivity contribution is -0.128. The molecule has 0 aliphatic rings. The van der Waals surface area contributed by atoms with Crippen molar-refractivity contribution in [3.05, 3.63) is 28.2 Å².